The summed E-state index contributed by atoms with van der Waals surface area (Å²) in [7, 11) is 0. The molecule has 0 radical (unpaired) electrons. The van der Waals surface area contributed by atoms with E-state index in [9.17, 15) is 4.79 Å². The van der Waals surface area contributed by atoms with E-state index < -0.39 is 0 Å². The van der Waals surface area contributed by atoms with Gasteiger partial charge in [-0.05, 0) is 36.5 Å². The lowest BCUT2D eigenvalue weighted by Gasteiger charge is -2.24. The highest BCUT2D eigenvalue weighted by Crippen LogP contribution is 2.33. The zero-order valence-corrected chi connectivity index (χ0v) is 14.4. The van der Waals surface area contributed by atoms with Crippen LogP contribution < -0.4 is 0 Å². The third kappa shape index (κ3) is 4.25. The first-order chi connectivity index (χ1) is 12.3. The Morgan fingerprint density at radius 2 is 2.00 bits per heavy atom. The standard InChI is InChI=1S/C19H24N4O2/c24-19(7-15-1-2-15)22-9-17(10-23-14-21-8-18(23)11-22)13-25-12-16-3-5-20-6-4-16/h3-6,8,14-15,17H,1-2,7,9-13H2/t17-/m0/s1. The van der Waals surface area contributed by atoms with Crippen LogP contribution in [0.5, 0.6) is 0 Å². The molecule has 6 nitrogen and oxygen atoms in total. The van der Waals surface area contributed by atoms with E-state index in [1.54, 1.807) is 12.4 Å². The zero-order chi connectivity index (χ0) is 17.1. The summed E-state index contributed by atoms with van der Waals surface area (Å²) in [4.78, 5) is 22.9. The fourth-order valence-electron chi connectivity index (χ4n) is 3.37. The Balaban J connectivity index is 1.38. The van der Waals surface area contributed by atoms with Gasteiger partial charge in [0.25, 0.3) is 0 Å². The van der Waals surface area contributed by atoms with Gasteiger partial charge in [0, 0.05) is 44.0 Å². The maximum Gasteiger partial charge on any atom is 0.223 e. The van der Waals surface area contributed by atoms with Crippen molar-refractivity contribution in [3.8, 4) is 0 Å². The summed E-state index contributed by atoms with van der Waals surface area (Å²) in [6, 6.07) is 3.93. The minimum atomic E-state index is 0.274. The van der Waals surface area contributed by atoms with E-state index in [0.29, 0.717) is 32.1 Å². The van der Waals surface area contributed by atoms with Gasteiger partial charge < -0.3 is 14.2 Å². The first kappa shape index (κ1) is 16.3. The number of pyridine rings is 1. The smallest absolute Gasteiger partial charge is 0.223 e. The molecule has 6 heteroatoms. The van der Waals surface area contributed by atoms with Crippen molar-refractivity contribution in [1.29, 1.82) is 0 Å². The van der Waals surface area contributed by atoms with E-state index in [0.717, 1.165) is 24.3 Å². The van der Waals surface area contributed by atoms with Gasteiger partial charge in [-0.1, -0.05) is 0 Å². The molecule has 2 aromatic rings. The SMILES string of the molecule is O=C(CC1CC1)N1Cc2cncn2C[C@@H](COCc2ccncc2)C1. The van der Waals surface area contributed by atoms with Gasteiger partial charge >= 0.3 is 0 Å². The number of ether oxygens (including phenoxy) is 1. The van der Waals surface area contributed by atoms with Crippen molar-refractivity contribution in [3.63, 3.8) is 0 Å². The first-order valence-corrected chi connectivity index (χ1v) is 9.01. The summed E-state index contributed by atoms with van der Waals surface area (Å²) >= 11 is 0. The molecule has 3 heterocycles. The number of aromatic nitrogens is 3. The Morgan fingerprint density at radius 3 is 2.80 bits per heavy atom. The van der Waals surface area contributed by atoms with Gasteiger partial charge in [0.1, 0.15) is 0 Å². The van der Waals surface area contributed by atoms with Crippen LogP contribution in [0.1, 0.15) is 30.5 Å². The molecule has 1 atom stereocenters. The van der Waals surface area contributed by atoms with E-state index in [-0.39, 0.29) is 11.8 Å². The molecule has 4 rings (SSSR count). The van der Waals surface area contributed by atoms with Gasteiger partial charge in [-0.25, -0.2) is 4.98 Å². The molecule has 25 heavy (non-hydrogen) atoms. The van der Waals surface area contributed by atoms with Crippen molar-refractivity contribution in [2.75, 3.05) is 13.2 Å². The van der Waals surface area contributed by atoms with Crippen LogP contribution >= 0.6 is 0 Å². The number of imidazole rings is 1. The Labute approximate surface area is 147 Å². The first-order valence-electron chi connectivity index (χ1n) is 9.01. The maximum absolute atomic E-state index is 12.6. The quantitative estimate of drug-likeness (QED) is 0.809. The number of carbonyl (C=O) groups excluding carboxylic acids is 1. The van der Waals surface area contributed by atoms with E-state index in [1.807, 2.05) is 29.6 Å². The number of carbonyl (C=O) groups is 1. The third-order valence-electron chi connectivity index (χ3n) is 4.97. The van der Waals surface area contributed by atoms with E-state index >= 15 is 0 Å². The second-order valence-electron chi connectivity index (χ2n) is 7.20. The van der Waals surface area contributed by atoms with E-state index in [4.69, 9.17) is 4.74 Å². The van der Waals surface area contributed by atoms with Crippen molar-refractivity contribution in [3.05, 3.63) is 48.3 Å². The highest BCUT2D eigenvalue weighted by molar-refractivity contribution is 5.76. The van der Waals surface area contributed by atoms with Crippen LogP contribution in [-0.4, -0.2) is 38.5 Å². The van der Waals surface area contributed by atoms with Gasteiger partial charge in [0.05, 0.1) is 31.8 Å². The molecular weight excluding hydrogens is 316 g/mol. The second-order valence-corrected chi connectivity index (χ2v) is 7.20. The largest absolute Gasteiger partial charge is 0.376 e. The van der Waals surface area contributed by atoms with Crippen LogP contribution in [0, 0.1) is 11.8 Å². The van der Waals surface area contributed by atoms with Gasteiger partial charge in [-0.15, -0.1) is 0 Å². The summed E-state index contributed by atoms with van der Waals surface area (Å²) in [5.74, 6) is 1.17. The minimum Gasteiger partial charge on any atom is -0.376 e. The van der Waals surface area contributed by atoms with Crippen molar-refractivity contribution in [2.24, 2.45) is 11.8 Å². The topological polar surface area (TPSA) is 60.2 Å². The molecule has 0 N–H and O–H groups in total. The number of rotatable bonds is 6. The lowest BCUT2D eigenvalue weighted by molar-refractivity contribution is -0.133. The van der Waals surface area contributed by atoms with Crippen LogP contribution in [-0.2, 0) is 29.2 Å². The van der Waals surface area contributed by atoms with Crippen molar-refractivity contribution in [1.82, 2.24) is 19.4 Å². The molecule has 2 aliphatic rings. The highest BCUT2D eigenvalue weighted by atomic mass is 16.5. The summed E-state index contributed by atoms with van der Waals surface area (Å²) in [6.07, 6.45) is 10.4. The molecule has 0 bridgehead atoms. The Kier molecular flexibility index (Phi) is 4.78. The maximum atomic E-state index is 12.6. The van der Waals surface area contributed by atoms with Gasteiger partial charge in [0.15, 0.2) is 0 Å². The molecule has 0 spiro atoms. The van der Waals surface area contributed by atoms with E-state index in [2.05, 4.69) is 14.5 Å². The van der Waals surface area contributed by atoms with Crippen molar-refractivity contribution in [2.45, 2.75) is 39.0 Å². The summed E-state index contributed by atoms with van der Waals surface area (Å²) in [6.45, 7) is 3.47. The molecule has 1 amide bonds. The molecule has 1 aliphatic carbocycles. The average Bonchev–Trinajstić information content (AvgIpc) is 3.37. The molecule has 132 valence electrons. The normalized spacial score (nSPS) is 20.2. The second kappa shape index (κ2) is 7.35. The predicted molar refractivity (Wildman–Crippen MR) is 92.4 cm³/mol. The van der Waals surface area contributed by atoms with Gasteiger partial charge in [-0.3, -0.25) is 9.78 Å². The molecule has 1 saturated carbocycles. The predicted octanol–water partition coefficient (Wildman–Crippen LogP) is 2.25. The Bertz CT molecular complexity index is 711. The molecule has 1 fully saturated rings. The van der Waals surface area contributed by atoms with Gasteiger partial charge in [-0.2, -0.15) is 0 Å². The number of amides is 1. The Morgan fingerprint density at radius 1 is 1.16 bits per heavy atom. The number of hydrogen-bond donors (Lipinski definition) is 0. The van der Waals surface area contributed by atoms with Gasteiger partial charge in [0.2, 0.25) is 5.91 Å². The summed E-state index contributed by atoms with van der Waals surface area (Å²) in [5, 5.41) is 0. The summed E-state index contributed by atoms with van der Waals surface area (Å²) < 4.78 is 8.09. The third-order valence-corrected chi connectivity index (χ3v) is 4.97. The highest BCUT2D eigenvalue weighted by Gasteiger charge is 2.30. The van der Waals surface area contributed by atoms with Crippen molar-refractivity contribution < 1.29 is 9.53 Å². The zero-order valence-electron chi connectivity index (χ0n) is 14.4. The number of fused-ring (bicyclic) bond motifs is 1. The monoisotopic (exact) mass is 340 g/mol. The fraction of sp³-hybridized carbons (Fsp3) is 0.526. The molecule has 0 saturated heterocycles. The van der Waals surface area contributed by atoms with E-state index in [1.165, 1.54) is 12.8 Å². The minimum absolute atomic E-state index is 0.274. The molecule has 0 unspecified atom stereocenters. The number of hydrogen-bond acceptors (Lipinski definition) is 4. The van der Waals surface area contributed by atoms with Crippen LogP contribution in [0.25, 0.3) is 0 Å². The fourth-order valence-corrected chi connectivity index (χ4v) is 3.37. The lowest BCUT2D eigenvalue weighted by Crippen LogP contribution is -2.35. The summed E-state index contributed by atoms with van der Waals surface area (Å²) in [5.41, 5.74) is 2.23. The van der Waals surface area contributed by atoms with Crippen LogP contribution in [0.2, 0.25) is 0 Å². The molecular formula is C19H24N4O2. The molecule has 0 aromatic carbocycles. The van der Waals surface area contributed by atoms with Crippen LogP contribution in [0.15, 0.2) is 37.1 Å². The number of nitrogens with zero attached hydrogens (tertiary/aromatic N) is 4. The van der Waals surface area contributed by atoms with Crippen LogP contribution in [0.4, 0.5) is 0 Å². The molecule has 1 aliphatic heterocycles. The Hall–Kier alpha value is -2.21. The lowest BCUT2D eigenvalue weighted by atomic mass is 10.1. The van der Waals surface area contributed by atoms with Crippen LogP contribution in [0.3, 0.4) is 0 Å². The average molecular weight is 340 g/mol. The molecule has 2 aromatic heterocycles. The van der Waals surface area contributed by atoms with Crippen molar-refractivity contribution >= 4 is 5.91 Å².